The Labute approximate surface area is 109 Å². The molecule has 0 aromatic carbocycles. The minimum atomic E-state index is -3.53. The fourth-order valence-electron chi connectivity index (χ4n) is 1.59. The topological polar surface area (TPSA) is 70.5 Å². The van der Waals surface area contributed by atoms with Gasteiger partial charge in [-0.3, -0.25) is 0 Å². The quantitative estimate of drug-likeness (QED) is 0.846. The number of sulfonamides is 1. The smallest absolute Gasteiger partial charge is 0.260 e. The molecule has 0 spiro atoms. The zero-order valence-electron chi connectivity index (χ0n) is 11.0. The maximum atomic E-state index is 12.3. The van der Waals surface area contributed by atoms with Gasteiger partial charge in [-0.2, -0.15) is 4.31 Å². The molecule has 102 valence electrons. The first-order chi connectivity index (χ1) is 8.41. The average molecular weight is 272 g/mol. The lowest BCUT2D eigenvalue weighted by Gasteiger charge is -2.21. The molecular weight excluding hydrogens is 252 g/mol. The fraction of sp³-hybridized carbons (Fsp3) is 0.583. The lowest BCUT2D eigenvalue weighted by Crippen LogP contribution is -2.34. The summed E-state index contributed by atoms with van der Waals surface area (Å²) in [5, 5.41) is 8.94. The van der Waals surface area contributed by atoms with Gasteiger partial charge >= 0.3 is 0 Å². The van der Waals surface area contributed by atoms with Gasteiger partial charge in [-0.05, 0) is 17.5 Å². The largest absolute Gasteiger partial charge is 0.392 e. The highest BCUT2D eigenvalue weighted by Gasteiger charge is 2.24. The summed E-state index contributed by atoms with van der Waals surface area (Å²) in [6.07, 6.45) is 1.39. The van der Waals surface area contributed by atoms with E-state index in [9.17, 15) is 8.42 Å². The van der Waals surface area contributed by atoms with E-state index in [-0.39, 0.29) is 17.6 Å². The second-order valence-corrected chi connectivity index (χ2v) is 6.40. The van der Waals surface area contributed by atoms with Crippen LogP contribution in [0.3, 0.4) is 0 Å². The molecule has 1 aromatic rings. The Morgan fingerprint density at radius 2 is 2.06 bits per heavy atom. The molecule has 0 saturated carbocycles. The molecular formula is C12H20N2O3S. The second-order valence-electron chi connectivity index (χ2n) is 4.51. The van der Waals surface area contributed by atoms with E-state index in [1.807, 2.05) is 20.8 Å². The first-order valence-electron chi connectivity index (χ1n) is 5.97. The van der Waals surface area contributed by atoms with E-state index in [0.717, 1.165) is 0 Å². The molecule has 1 heterocycles. The van der Waals surface area contributed by atoms with Crippen LogP contribution in [0.1, 0.15) is 26.3 Å². The van der Waals surface area contributed by atoms with Crippen LogP contribution in [0.5, 0.6) is 0 Å². The normalized spacial score (nSPS) is 12.3. The maximum Gasteiger partial charge on any atom is 0.260 e. The van der Waals surface area contributed by atoms with Gasteiger partial charge in [0, 0.05) is 19.3 Å². The summed E-state index contributed by atoms with van der Waals surface area (Å²) in [4.78, 5) is 3.91. The van der Waals surface area contributed by atoms with Crippen LogP contribution in [0, 0.1) is 5.92 Å². The molecule has 18 heavy (non-hydrogen) atoms. The van der Waals surface area contributed by atoms with Gasteiger partial charge in [-0.1, -0.05) is 26.8 Å². The Hall–Kier alpha value is -0.980. The summed E-state index contributed by atoms with van der Waals surface area (Å²) in [5.41, 5.74) is 0.598. The Kier molecular flexibility index (Phi) is 5.25. The number of rotatable bonds is 6. The third-order valence-corrected chi connectivity index (χ3v) is 4.36. The predicted molar refractivity (Wildman–Crippen MR) is 69.4 cm³/mol. The lowest BCUT2D eigenvalue weighted by molar-refractivity contribution is 0.281. The van der Waals surface area contributed by atoms with E-state index in [2.05, 4.69) is 4.98 Å². The van der Waals surface area contributed by atoms with Gasteiger partial charge in [-0.25, -0.2) is 13.4 Å². The Morgan fingerprint density at radius 1 is 1.39 bits per heavy atom. The molecule has 0 fully saturated rings. The molecule has 0 aliphatic carbocycles. The molecule has 0 bridgehead atoms. The highest BCUT2D eigenvalue weighted by Crippen LogP contribution is 2.15. The Balaban J connectivity index is 3.02. The third kappa shape index (κ3) is 3.51. The van der Waals surface area contributed by atoms with Crippen molar-refractivity contribution in [2.75, 3.05) is 13.1 Å². The van der Waals surface area contributed by atoms with E-state index in [1.165, 1.54) is 16.6 Å². The van der Waals surface area contributed by atoms with Gasteiger partial charge in [0.2, 0.25) is 0 Å². The van der Waals surface area contributed by atoms with Crippen molar-refractivity contribution in [1.82, 2.24) is 9.29 Å². The summed E-state index contributed by atoms with van der Waals surface area (Å²) in [6, 6.07) is 3.01. The minimum Gasteiger partial charge on any atom is -0.392 e. The summed E-state index contributed by atoms with van der Waals surface area (Å²) < 4.78 is 26.0. The number of aliphatic hydroxyl groups is 1. The summed E-state index contributed by atoms with van der Waals surface area (Å²) in [5.74, 6) is 0.261. The number of aromatic nitrogens is 1. The zero-order valence-corrected chi connectivity index (χ0v) is 11.8. The summed E-state index contributed by atoms with van der Waals surface area (Å²) in [7, 11) is -3.53. The molecule has 5 nitrogen and oxygen atoms in total. The summed E-state index contributed by atoms with van der Waals surface area (Å²) >= 11 is 0. The van der Waals surface area contributed by atoms with Gasteiger partial charge in [-0.15, -0.1) is 0 Å². The number of nitrogens with zero attached hydrogens (tertiary/aromatic N) is 2. The first-order valence-corrected chi connectivity index (χ1v) is 7.41. The number of aliphatic hydroxyl groups excluding tert-OH is 1. The van der Waals surface area contributed by atoms with Crippen LogP contribution < -0.4 is 0 Å². The van der Waals surface area contributed by atoms with E-state index >= 15 is 0 Å². The van der Waals surface area contributed by atoms with Crippen LogP contribution >= 0.6 is 0 Å². The SMILES string of the molecule is CCN(CC(C)C)S(=O)(=O)c1ccc(CO)cn1. The van der Waals surface area contributed by atoms with Crippen LogP contribution in [-0.2, 0) is 16.6 Å². The van der Waals surface area contributed by atoms with Gasteiger partial charge in [0.15, 0.2) is 5.03 Å². The van der Waals surface area contributed by atoms with E-state index in [1.54, 1.807) is 6.07 Å². The molecule has 1 rings (SSSR count). The van der Waals surface area contributed by atoms with Gasteiger partial charge < -0.3 is 5.11 Å². The van der Waals surface area contributed by atoms with Crippen molar-refractivity contribution >= 4 is 10.0 Å². The Bertz CT molecular complexity index is 469. The Morgan fingerprint density at radius 3 is 2.44 bits per heavy atom. The highest BCUT2D eigenvalue weighted by molar-refractivity contribution is 7.89. The van der Waals surface area contributed by atoms with E-state index in [4.69, 9.17) is 5.11 Å². The van der Waals surface area contributed by atoms with Crippen molar-refractivity contribution in [3.63, 3.8) is 0 Å². The predicted octanol–water partition coefficient (Wildman–Crippen LogP) is 1.24. The lowest BCUT2D eigenvalue weighted by atomic mass is 10.2. The third-order valence-electron chi connectivity index (χ3n) is 2.51. The van der Waals surface area contributed by atoms with Crippen molar-refractivity contribution in [2.24, 2.45) is 5.92 Å². The first kappa shape index (κ1) is 15.1. The molecule has 0 aliphatic heterocycles. The van der Waals surface area contributed by atoms with Crippen molar-refractivity contribution in [3.05, 3.63) is 23.9 Å². The molecule has 0 unspecified atom stereocenters. The van der Waals surface area contributed by atoms with Crippen LogP contribution in [-0.4, -0.2) is 35.9 Å². The molecule has 6 heteroatoms. The highest BCUT2D eigenvalue weighted by atomic mass is 32.2. The average Bonchev–Trinajstić information content (AvgIpc) is 2.35. The molecule has 1 aromatic heterocycles. The molecule has 0 atom stereocenters. The van der Waals surface area contributed by atoms with Crippen molar-refractivity contribution in [2.45, 2.75) is 32.4 Å². The fourth-order valence-corrected chi connectivity index (χ4v) is 3.12. The molecule has 0 radical (unpaired) electrons. The standard InChI is InChI=1S/C12H20N2O3S/c1-4-14(8-10(2)3)18(16,17)12-6-5-11(9-15)7-13-12/h5-7,10,15H,4,8-9H2,1-3H3. The molecule has 0 aliphatic rings. The zero-order chi connectivity index (χ0) is 13.8. The van der Waals surface area contributed by atoms with Gasteiger partial charge in [0.25, 0.3) is 10.0 Å². The van der Waals surface area contributed by atoms with Gasteiger partial charge in [0.1, 0.15) is 0 Å². The summed E-state index contributed by atoms with van der Waals surface area (Å²) in [6.45, 7) is 6.51. The number of hydrogen-bond acceptors (Lipinski definition) is 4. The van der Waals surface area contributed by atoms with E-state index < -0.39 is 10.0 Å². The van der Waals surface area contributed by atoms with Crippen molar-refractivity contribution < 1.29 is 13.5 Å². The van der Waals surface area contributed by atoms with Crippen LogP contribution in [0.25, 0.3) is 0 Å². The second kappa shape index (κ2) is 6.26. The molecule has 0 amide bonds. The van der Waals surface area contributed by atoms with Crippen molar-refractivity contribution in [1.29, 1.82) is 0 Å². The van der Waals surface area contributed by atoms with Crippen LogP contribution in [0.4, 0.5) is 0 Å². The molecule has 1 N–H and O–H groups in total. The number of hydrogen-bond donors (Lipinski definition) is 1. The van der Waals surface area contributed by atoms with E-state index in [0.29, 0.717) is 18.7 Å². The monoisotopic (exact) mass is 272 g/mol. The van der Waals surface area contributed by atoms with Crippen molar-refractivity contribution in [3.8, 4) is 0 Å². The molecule has 0 saturated heterocycles. The van der Waals surface area contributed by atoms with Crippen LogP contribution in [0.15, 0.2) is 23.4 Å². The maximum absolute atomic E-state index is 12.3. The number of pyridine rings is 1. The minimum absolute atomic E-state index is 0.0298. The van der Waals surface area contributed by atoms with Gasteiger partial charge in [0.05, 0.1) is 6.61 Å². The van der Waals surface area contributed by atoms with Crippen LogP contribution in [0.2, 0.25) is 0 Å².